The van der Waals surface area contributed by atoms with E-state index in [1.165, 1.54) is 12.8 Å². The minimum atomic E-state index is 0.656. The van der Waals surface area contributed by atoms with Crippen LogP contribution < -0.4 is 5.32 Å². The van der Waals surface area contributed by atoms with Gasteiger partial charge in [0, 0.05) is 24.7 Å². The first kappa shape index (κ1) is 8.12. The van der Waals surface area contributed by atoms with Crippen LogP contribution in [-0.4, -0.2) is 12.0 Å². The maximum atomic E-state index is 4.18. The molecule has 0 spiro atoms. The molecular formula is C11H12N2. The number of pyridine rings is 1. The quantitative estimate of drug-likeness (QED) is 0.654. The first-order valence-corrected chi connectivity index (χ1v) is 4.54. The molecule has 13 heavy (non-hydrogen) atoms. The van der Waals surface area contributed by atoms with E-state index in [0.717, 1.165) is 11.4 Å². The molecular weight excluding hydrogens is 160 g/mol. The SMILES string of the molecule is CNc1ccc(C#CC2CC2)cn1. The van der Waals surface area contributed by atoms with Gasteiger partial charge in [0.15, 0.2) is 0 Å². The Hall–Kier alpha value is -1.49. The summed E-state index contributed by atoms with van der Waals surface area (Å²) in [6.07, 6.45) is 4.35. The third-order valence-corrected chi connectivity index (χ3v) is 2.02. The zero-order valence-corrected chi connectivity index (χ0v) is 7.67. The van der Waals surface area contributed by atoms with E-state index in [9.17, 15) is 0 Å². The van der Waals surface area contributed by atoms with E-state index in [-0.39, 0.29) is 0 Å². The molecule has 2 rings (SSSR count). The maximum Gasteiger partial charge on any atom is 0.125 e. The molecule has 1 saturated carbocycles. The highest BCUT2D eigenvalue weighted by Gasteiger charge is 2.17. The van der Waals surface area contributed by atoms with Crippen LogP contribution in [0.2, 0.25) is 0 Å². The van der Waals surface area contributed by atoms with Crippen LogP contribution in [0.1, 0.15) is 18.4 Å². The van der Waals surface area contributed by atoms with Crippen molar-refractivity contribution >= 4 is 5.82 Å². The fourth-order valence-electron chi connectivity index (χ4n) is 1.03. The van der Waals surface area contributed by atoms with Gasteiger partial charge in [0.1, 0.15) is 5.82 Å². The van der Waals surface area contributed by atoms with E-state index < -0.39 is 0 Å². The van der Waals surface area contributed by atoms with Gasteiger partial charge in [0.25, 0.3) is 0 Å². The summed E-state index contributed by atoms with van der Waals surface area (Å²) in [6.45, 7) is 0. The number of hydrogen-bond donors (Lipinski definition) is 1. The van der Waals surface area contributed by atoms with Crippen molar-refractivity contribution in [1.29, 1.82) is 0 Å². The van der Waals surface area contributed by atoms with E-state index in [4.69, 9.17) is 0 Å². The Kier molecular flexibility index (Phi) is 2.18. The average Bonchev–Trinajstić information content (AvgIpc) is 2.99. The van der Waals surface area contributed by atoms with E-state index in [1.54, 1.807) is 6.20 Å². The summed E-state index contributed by atoms with van der Waals surface area (Å²) in [5.74, 6) is 7.86. The zero-order chi connectivity index (χ0) is 9.10. The summed E-state index contributed by atoms with van der Waals surface area (Å²) in [5, 5.41) is 2.97. The lowest BCUT2D eigenvalue weighted by molar-refractivity contribution is 1.18. The number of anilines is 1. The Balaban J connectivity index is 2.09. The molecule has 0 bridgehead atoms. The number of nitrogens with one attached hydrogen (secondary N) is 1. The Labute approximate surface area is 78.4 Å². The fourth-order valence-corrected chi connectivity index (χ4v) is 1.03. The molecule has 1 N–H and O–H groups in total. The first-order valence-electron chi connectivity index (χ1n) is 4.54. The molecule has 0 aliphatic heterocycles. The third kappa shape index (κ3) is 2.22. The molecule has 1 heterocycles. The predicted molar refractivity (Wildman–Crippen MR) is 53.4 cm³/mol. The van der Waals surface area contributed by atoms with Crippen LogP contribution in [-0.2, 0) is 0 Å². The van der Waals surface area contributed by atoms with Gasteiger partial charge in [-0.05, 0) is 25.0 Å². The van der Waals surface area contributed by atoms with Crippen molar-refractivity contribution in [2.75, 3.05) is 12.4 Å². The van der Waals surface area contributed by atoms with Crippen LogP contribution in [0.25, 0.3) is 0 Å². The van der Waals surface area contributed by atoms with Crippen LogP contribution in [0, 0.1) is 17.8 Å². The molecule has 1 aromatic heterocycles. The zero-order valence-electron chi connectivity index (χ0n) is 7.67. The second-order valence-corrected chi connectivity index (χ2v) is 3.23. The molecule has 0 radical (unpaired) electrons. The fraction of sp³-hybridized carbons (Fsp3) is 0.364. The number of hydrogen-bond acceptors (Lipinski definition) is 2. The van der Waals surface area contributed by atoms with Crippen molar-refractivity contribution in [2.24, 2.45) is 5.92 Å². The van der Waals surface area contributed by atoms with E-state index in [2.05, 4.69) is 22.1 Å². The number of nitrogens with zero attached hydrogens (tertiary/aromatic N) is 1. The van der Waals surface area contributed by atoms with Crippen molar-refractivity contribution in [3.05, 3.63) is 23.9 Å². The summed E-state index contributed by atoms with van der Waals surface area (Å²) < 4.78 is 0. The summed E-state index contributed by atoms with van der Waals surface area (Å²) in [5.41, 5.74) is 1.01. The van der Waals surface area contributed by atoms with Gasteiger partial charge >= 0.3 is 0 Å². The molecule has 2 nitrogen and oxygen atoms in total. The highest BCUT2D eigenvalue weighted by atomic mass is 14.9. The van der Waals surface area contributed by atoms with Crippen molar-refractivity contribution in [3.8, 4) is 11.8 Å². The molecule has 0 saturated heterocycles. The molecule has 0 unspecified atom stereocenters. The van der Waals surface area contributed by atoms with Gasteiger partial charge in [-0.1, -0.05) is 11.8 Å². The van der Waals surface area contributed by atoms with Crippen LogP contribution in [0.3, 0.4) is 0 Å². The molecule has 1 fully saturated rings. The second kappa shape index (κ2) is 3.49. The van der Waals surface area contributed by atoms with Gasteiger partial charge in [0.2, 0.25) is 0 Å². The minimum Gasteiger partial charge on any atom is -0.373 e. The van der Waals surface area contributed by atoms with E-state index in [1.807, 2.05) is 19.2 Å². The predicted octanol–water partition coefficient (Wildman–Crippen LogP) is 1.88. The lowest BCUT2D eigenvalue weighted by atomic mass is 10.2. The molecule has 1 aliphatic rings. The summed E-state index contributed by atoms with van der Waals surface area (Å²) in [4.78, 5) is 4.18. The number of aromatic nitrogens is 1. The Morgan fingerprint density at radius 3 is 2.85 bits per heavy atom. The Morgan fingerprint density at radius 2 is 2.31 bits per heavy atom. The van der Waals surface area contributed by atoms with Gasteiger partial charge in [-0.2, -0.15) is 0 Å². The van der Waals surface area contributed by atoms with Gasteiger partial charge in [-0.15, -0.1) is 0 Å². The van der Waals surface area contributed by atoms with Crippen LogP contribution >= 0.6 is 0 Å². The largest absolute Gasteiger partial charge is 0.373 e. The Bertz CT molecular complexity index is 339. The van der Waals surface area contributed by atoms with Crippen LogP contribution in [0.15, 0.2) is 18.3 Å². The van der Waals surface area contributed by atoms with E-state index in [0.29, 0.717) is 5.92 Å². The molecule has 1 aliphatic carbocycles. The molecule has 0 amide bonds. The molecule has 0 atom stereocenters. The summed E-state index contributed by atoms with van der Waals surface area (Å²) in [7, 11) is 1.86. The lowest BCUT2D eigenvalue weighted by Gasteiger charge is -1.96. The second-order valence-electron chi connectivity index (χ2n) is 3.23. The van der Waals surface area contributed by atoms with Gasteiger partial charge < -0.3 is 5.32 Å². The van der Waals surface area contributed by atoms with Crippen LogP contribution in [0.5, 0.6) is 0 Å². The van der Waals surface area contributed by atoms with Gasteiger partial charge in [-0.25, -0.2) is 4.98 Å². The topological polar surface area (TPSA) is 24.9 Å². The molecule has 2 heteroatoms. The summed E-state index contributed by atoms with van der Waals surface area (Å²) >= 11 is 0. The number of rotatable bonds is 1. The molecule has 1 aromatic rings. The first-order chi connectivity index (χ1) is 6.38. The van der Waals surface area contributed by atoms with Crippen molar-refractivity contribution in [3.63, 3.8) is 0 Å². The standard InChI is InChI=1S/C11H12N2/c1-12-11-7-6-10(8-13-11)5-4-9-2-3-9/h6-9H,2-3H2,1H3,(H,12,13). The van der Waals surface area contributed by atoms with Crippen molar-refractivity contribution in [2.45, 2.75) is 12.8 Å². The minimum absolute atomic E-state index is 0.656. The van der Waals surface area contributed by atoms with Crippen molar-refractivity contribution in [1.82, 2.24) is 4.98 Å². The molecule has 0 aromatic carbocycles. The highest BCUT2D eigenvalue weighted by molar-refractivity contribution is 5.40. The maximum absolute atomic E-state index is 4.18. The monoisotopic (exact) mass is 172 g/mol. The van der Waals surface area contributed by atoms with E-state index >= 15 is 0 Å². The summed E-state index contributed by atoms with van der Waals surface area (Å²) in [6, 6.07) is 3.94. The average molecular weight is 172 g/mol. The smallest absolute Gasteiger partial charge is 0.125 e. The third-order valence-electron chi connectivity index (χ3n) is 2.02. The Morgan fingerprint density at radius 1 is 1.46 bits per heavy atom. The highest BCUT2D eigenvalue weighted by Crippen LogP contribution is 2.27. The van der Waals surface area contributed by atoms with Crippen LogP contribution in [0.4, 0.5) is 5.82 Å². The molecule has 66 valence electrons. The van der Waals surface area contributed by atoms with Gasteiger partial charge in [-0.3, -0.25) is 0 Å². The van der Waals surface area contributed by atoms with Gasteiger partial charge in [0.05, 0.1) is 0 Å². The lowest BCUT2D eigenvalue weighted by Crippen LogP contribution is -1.91. The normalized spacial score (nSPS) is 14.5. The van der Waals surface area contributed by atoms with Crippen molar-refractivity contribution < 1.29 is 0 Å².